The van der Waals surface area contributed by atoms with Gasteiger partial charge in [0.15, 0.2) is 28.6 Å². The highest BCUT2D eigenvalue weighted by Crippen LogP contribution is 2.45. The number of carbonyl (C=O) groups excluding carboxylic acids is 2. The number of ether oxygens (including phenoxy) is 3. The second kappa shape index (κ2) is 11.7. The Hall–Kier alpha value is -4.22. The lowest BCUT2D eigenvalue weighted by Gasteiger charge is -2.38. The third-order valence-electron chi connectivity index (χ3n) is 6.93. The number of oxazole rings is 1. The van der Waals surface area contributed by atoms with Crippen LogP contribution in [0.15, 0.2) is 46.9 Å². The molecule has 220 valence electrons. The van der Waals surface area contributed by atoms with Crippen LogP contribution in [0, 0.1) is 17.2 Å². The molecule has 1 aliphatic rings. The first-order valence-corrected chi connectivity index (χ1v) is 13.0. The number of hydrogen-bond acceptors (Lipinski definition) is 7. The number of rotatable bonds is 11. The highest BCUT2D eigenvalue weighted by molar-refractivity contribution is 5.94. The summed E-state index contributed by atoms with van der Waals surface area (Å²) in [7, 11) is 0. The van der Waals surface area contributed by atoms with Gasteiger partial charge in [0.25, 0.3) is 5.91 Å². The Morgan fingerprint density at radius 2 is 1.85 bits per heavy atom. The predicted molar refractivity (Wildman–Crippen MR) is 142 cm³/mol. The van der Waals surface area contributed by atoms with Gasteiger partial charge in [-0.3, -0.25) is 4.79 Å². The predicted octanol–water partition coefficient (Wildman–Crippen LogP) is 6.16. The maximum Gasteiger partial charge on any atom is 0.405 e. The summed E-state index contributed by atoms with van der Waals surface area (Å²) in [6.07, 6.45) is 0.858. The maximum absolute atomic E-state index is 13.7. The molecular weight excluding hydrogens is 543 g/mol. The fraction of sp³-hybridized carbons (Fsp3) is 0.414. The monoisotopic (exact) mass is 575 g/mol. The third kappa shape index (κ3) is 7.11. The number of aromatic nitrogens is 1. The van der Waals surface area contributed by atoms with Crippen molar-refractivity contribution in [1.82, 2.24) is 10.3 Å². The van der Waals surface area contributed by atoms with Crippen LogP contribution in [-0.2, 0) is 16.9 Å². The molecule has 4 rings (SSSR count). The van der Waals surface area contributed by atoms with Crippen molar-refractivity contribution in [3.05, 3.63) is 65.3 Å². The molecule has 1 aliphatic carbocycles. The minimum atomic E-state index is -3.07. The molecule has 0 bridgehead atoms. The van der Waals surface area contributed by atoms with Crippen LogP contribution in [0.4, 0.5) is 18.0 Å². The number of halogens is 3. The van der Waals surface area contributed by atoms with Gasteiger partial charge in [-0.05, 0) is 61.6 Å². The van der Waals surface area contributed by atoms with Crippen molar-refractivity contribution in [2.75, 3.05) is 6.61 Å². The van der Waals surface area contributed by atoms with E-state index >= 15 is 0 Å². The van der Waals surface area contributed by atoms with E-state index < -0.39 is 35.4 Å². The highest BCUT2D eigenvalue weighted by atomic mass is 19.3. The lowest BCUT2D eigenvalue weighted by atomic mass is 9.75. The molecule has 3 aromatic rings. The van der Waals surface area contributed by atoms with Crippen molar-refractivity contribution in [3.63, 3.8) is 0 Å². The van der Waals surface area contributed by atoms with Gasteiger partial charge in [0.1, 0.15) is 5.82 Å². The van der Waals surface area contributed by atoms with E-state index in [1.807, 2.05) is 0 Å². The molecule has 9 nitrogen and oxygen atoms in total. The molecule has 1 aromatic heterocycles. The van der Waals surface area contributed by atoms with Gasteiger partial charge in [0.2, 0.25) is 5.89 Å². The number of amides is 2. The number of nitrogens with zero attached hydrogens (tertiary/aromatic N) is 1. The summed E-state index contributed by atoms with van der Waals surface area (Å²) in [6.45, 7) is 4.04. The summed E-state index contributed by atoms with van der Waals surface area (Å²) < 4.78 is 61.7. The van der Waals surface area contributed by atoms with E-state index in [9.17, 15) is 22.8 Å². The number of benzene rings is 2. The highest BCUT2D eigenvalue weighted by Gasteiger charge is 2.49. The molecule has 2 amide bonds. The number of hydrogen-bond donors (Lipinski definition) is 2. The number of carbonyl (C=O) groups is 2. The summed E-state index contributed by atoms with van der Waals surface area (Å²) in [5, 5.41) is 2.68. The Morgan fingerprint density at radius 3 is 2.46 bits per heavy atom. The quantitative estimate of drug-likeness (QED) is 0.281. The van der Waals surface area contributed by atoms with Crippen molar-refractivity contribution in [1.29, 1.82) is 0 Å². The van der Waals surface area contributed by atoms with Gasteiger partial charge in [-0.25, -0.2) is 14.2 Å². The van der Waals surface area contributed by atoms with Crippen molar-refractivity contribution < 1.29 is 41.4 Å². The fourth-order valence-electron chi connectivity index (χ4n) is 4.01. The van der Waals surface area contributed by atoms with Crippen molar-refractivity contribution in [2.45, 2.75) is 59.3 Å². The van der Waals surface area contributed by atoms with Crippen LogP contribution in [0.3, 0.4) is 0 Å². The Balaban J connectivity index is 1.76. The molecule has 0 radical (unpaired) electrons. The molecule has 41 heavy (non-hydrogen) atoms. The molecule has 0 saturated heterocycles. The molecule has 3 N–H and O–H groups in total. The average molecular weight is 576 g/mol. The molecule has 1 atom stereocenters. The summed E-state index contributed by atoms with van der Waals surface area (Å²) >= 11 is 0. The van der Waals surface area contributed by atoms with Crippen LogP contribution >= 0.6 is 0 Å². The summed E-state index contributed by atoms with van der Waals surface area (Å²) in [4.78, 5) is 29.8. The van der Waals surface area contributed by atoms with E-state index in [4.69, 9.17) is 19.6 Å². The SMILES string of the molecule is CC(C)(C)C(C)(OC(N)=O)c1oc(-c2ccc(OC(F)F)c(OCC3CC3)c2)nc1C(=O)NCc1cccc(F)c1. The van der Waals surface area contributed by atoms with E-state index in [1.165, 1.54) is 43.3 Å². The molecular formula is C29H32F3N3O6. The van der Waals surface area contributed by atoms with E-state index in [0.717, 1.165) is 12.8 Å². The van der Waals surface area contributed by atoms with E-state index in [2.05, 4.69) is 15.0 Å². The van der Waals surface area contributed by atoms with Crippen molar-refractivity contribution >= 4 is 12.0 Å². The first-order valence-electron chi connectivity index (χ1n) is 13.0. The van der Waals surface area contributed by atoms with E-state index in [-0.39, 0.29) is 41.0 Å². The lowest BCUT2D eigenvalue weighted by molar-refractivity contribution is -0.0707. The summed E-state index contributed by atoms with van der Waals surface area (Å²) in [5.74, 6) is -1.10. The summed E-state index contributed by atoms with van der Waals surface area (Å²) in [6, 6.07) is 9.85. The Morgan fingerprint density at radius 1 is 1.12 bits per heavy atom. The molecule has 0 spiro atoms. The van der Waals surface area contributed by atoms with E-state index in [1.54, 1.807) is 26.8 Å². The van der Waals surface area contributed by atoms with Crippen molar-refractivity contribution in [2.24, 2.45) is 17.1 Å². The summed E-state index contributed by atoms with van der Waals surface area (Å²) in [5.41, 5.74) is 3.57. The lowest BCUT2D eigenvalue weighted by Crippen LogP contribution is -2.44. The zero-order chi connectivity index (χ0) is 29.9. The normalized spacial score (nSPS) is 14.8. The van der Waals surface area contributed by atoms with Crippen LogP contribution in [-0.4, -0.2) is 30.2 Å². The number of primary amides is 1. The second-order valence-electron chi connectivity index (χ2n) is 11.0. The fourth-order valence-corrected chi connectivity index (χ4v) is 4.01. The zero-order valence-electron chi connectivity index (χ0n) is 23.1. The van der Waals surface area contributed by atoms with Crippen LogP contribution in [0.2, 0.25) is 0 Å². The maximum atomic E-state index is 13.7. The number of nitrogens with one attached hydrogen (secondary N) is 1. The van der Waals surface area contributed by atoms with Gasteiger partial charge >= 0.3 is 12.7 Å². The molecule has 2 aromatic carbocycles. The topological polar surface area (TPSA) is 126 Å². The van der Waals surface area contributed by atoms with Gasteiger partial charge in [-0.1, -0.05) is 32.9 Å². The van der Waals surface area contributed by atoms with Crippen molar-refractivity contribution in [3.8, 4) is 23.0 Å². The first kappa shape index (κ1) is 29.8. The van der Waals surface area contributed by atoms with Crippen LogP contribution < -0.4 is 20.5 Å². The first-order chi connectivity index (χ1) is 19.3. The Kier molecular flexibility index (Phi) is 8.50. The molecule has 1 fully saturated rings. The Labute approximate surface area is 235 Å². The second-order valence-corrected chi connectivity index (χ2v) is 11.0. The average Bonchev–Trinajstić information content (AvgIpc) is 3.60. The smallest absolute Gasteiger partial charge is 0.405 e. The van der Waals surface area contributed by atoms with Gasteiger partial charge in [-0.15, -0.1) is 0 Å². The minimum Gasteiger partial charge on any atom is -0.489 e. The van der Waals surface area contributed by atoms with Crippen LogP contribution in [0.25, 0.3) is 11.5 Å². The number of nitrogens with two attached hydrogens (primary N) is 1. The molecule has 0 aliphatic heterocycles. The Bertz CT molecular complexity index is 1420. The standard InChI is InChI=1S/C29H32F3N3O6/c1-28(2,3)29(4,41-27(33)37)23-22(24(36)34-14-17-6-5-7-19(30)12-17)35-25(40-23)18-10-11-20(39-26(31)32)21(13-18)38-15-16-8-9-16/h5-7,10-13,16,26H,8-9,14-15H2,1-4H3,(H2,33,37)(H,34,36). The van der Waals surface area contributed by atoms with Gasteiger partial charge < -0.3 is 29.7 Å². The zero-order valence-corrected chi connectivity index (χ0v) is 23.1. The molecule has 1 heterocycles. The molecule has 12 heteroatoms. The third-order valence-corrected chi connectivity index (χ3v) is 6.93. The minimum absolute atomic E-state index is 0.0278. The molecule has 1 unspecified atom stereocenters. The largest absolute Gasteiger partial charge is 0.489 e. The van der Waals surface area contributed by atoms with Crippen LogP contribution in [0.5, 0.6) is 11.5 Å². The van der Waals surface area contributed by atoms with Gasteiger partial charge in [0, 0.05) is 17.5 Å². The van der Waals surface area contributed by atoms with Crippen LogP contribution in [0.1, 0.15) is 62.3 Å². The van der Waals surface area contributed by atoms with Gasteiger partial charge in [-0.2, -0.15) is 8.78 Å². The van der Waals surface area contributed by atoms with Gasteiger partial charge in [0.05, 0.1) is 6.61 Å². The van der Waals surface area contributed by atoms with E-state index in [0.29, 0.717) is 18.1 Å². The molecule has 1 saturated carbocycles. The number of alkyl halides is 2.